The van der Waals surface area contributed by atoms with Gasteiger partial charge < -0.3 is 19.3 Å². The first-order valence-electron chi connectivity index (χ1n) is 11.2. The van der Waals surface area contributed by atoms with Gasteiger partial charge in [0.1, 0.15) is 0 Å². The van der Waals surface area contributed by atoms with Gasteiger partial charge in [0.2, 0.25) is 5.91 Å². The van der Waals surface area contributed by atoms with E-state index in [0.29, 0.717) is 36.2 Å². The van der Waals surface area contributed by atoms with E-state index in [1.54, 1.807) is 0 Å². The first-order valence-corrected chi connectivity index (χ1v) is 11.6. The van der Waals surface area contributed by atoms with Gasteiger partial charge in [-0.2, -0.15) is 0 Å². The fourth-order valence-electron chi connectivity index (χ4n) is 4.27. The molecule has 3 aromatic rings. The number of rotatable bonds is 7. The molecule has 0 radical (unpaired) electrons. The zero-order valence-electron chi connectivity index (χ0n) is 19.5. The SMILES string of the molecule is CCOc1cc2c(cc1OCC)C(c1ccc(Cl)cc1)N(c1ccc(N(C)C)cc1)C(=O)C2. The highest BCUT2D eigenvalue weighted by Crippen LogP contribution is 2.43. The van der Waals surface area contributed by atoms with Crippen LogP contribution in [0.5, 0.6) is 11.5 Å². The van der Waals surface area contributed by atoms with E-state index in [4.69, 9.17) is 21.1 Å². The molecule has 0 fully saturated rings. The number of hydrogen-bond acceptors (Lipinski definition) is 4. The van der Waals surface area contributed by atoms with Crippen LogP contribution in [0.4, 0.5) is 11.4 Å². The lowest BCUT2D eigenvalue weighted by molar-refractivity contribution is -0.118. The lowest BCUT2D eigenvalue weighted by Gasteiger charge is -2.38. The molecule has 3 aromatic carbocycles. The molecule has 0 aliphatic carbocycles. The third kappa shape index (κ3) is 4.64. The van der Waals surface area contributed by atoms with Gasteiger partial charge in [-0.05, 0) is 79.1 Å². The number of halogens is 1. The zero-order chi connectivity index (χ0) is 23.5. The molecular weight excluding hydrogens is 436 g/mol. The highest BCUT2D eigenvalue weighted by atomic mass is 35.5. The monoisotopic (exact) mass is 464 g/mol. The van der Waals surface area contributed by atoms with E-state index < -0.39 is 0 Å². The van der Waals surface area contributed by atoms with Crippen molar-refractivity contribution in [2.45, 2.75) is 26.3 Å². The van der Waals surface area contributed by atoms with Crippen molar-refractivity contribution in [1.82, 2.24) is 0 Å². The van der Waals surface area contributed by atoms with Crippen LogP contribution in [0.25, 0.3) is 0 Å². The molecule has 1 atom stereocenters. The van der Waals surface area contributed by atoms with Gasteiger partial charge in [-0.3, -0.25) is 4.79 Å². The lowest BCUT2D eigenvalue weighted by atomic mass is 9.86. The molecule has 1 aliphatic rings. The van der Waals surface area contributed by atoms with Crippen LogP contribution in [0.15, 0.2) is 60.7 Å². The zero-order valence-corrected chi connectivity index (χ0v) is 20.2. The highest BCUT2D eigenvalue weighted by Gasteiger charge is 2.36. The van der Waals surface area contributed by atoms with Crippen LogP contribution in [-0.2, 0) is 11.2 Å². The molecule has 6 heteroatoms. The maximum Gasteiger partial charge on any atom is 0.232 e. The Bertz CT molecular complexity index is 1130. The molecule has 1 unspecified atom stereocenters. The molecule has 5 nitrogen and oxygen atoms in total. The van der Waals surface area contributed by atoms with Crippen LogP contribution in [0.3, 0.4) is 0 Å². The number of anilines is 2. The van der Waals surface area contributed by atoms with Crippen LogP contribution in [-0.4, -0.2) is 33.2 Å². The summed E-state index contributed by atoms with van der Waals surface area (Å²) in [4.78, 5) is 17.4. The summed E-state index contributed by atoms with van der Waals surface area (Å²) < 4.78 is 11.7. The maximum absolute atomic E-state index is 13.5. The topological polar surface area (TPSA) is 42.0 Å². The molecule has 172 valence electrons. The molecule has 4 rings (SSSR count). The summed E-state index contributed by atoms with van der Waals surface area (Å²) in [6.07, 6.45) is 0.293. The van der Waals surface area contributed by atoms with E-state index in [1.165, 1.54) is 0 Å². The Kier molecular flexibility index (Phi) is 6.80. The molecule has 33 heavy (non-hydrogen) atoms. The van der Waals surface area contributed by atoms with Crippen molar-refractivity contribution in [3.05, 3.63) is 82.4 Å². The number of hydrogen-bond donors (Lipinski definition) is 0. The number of nitrogens with zero attached hydrogens (tertiary/aromatic N) is 2. The molecule has 1 heterocycles. The normalized spacial score (nSPS) is 15.2. The summed E-state index contributed by atoms with van der Waals surface area (Å²) in [5.41, 5.74) is 4.89. The van der Waals surface area contributed by atoms with E-state index in [0.717, 1.165) is 28.1 Å². The Morgan fingerprint density at radius 3 is 2.12 bits per heavy atom. The number of benzene rings is 3. The molecule has 0 spiro atoms. The van der Waals surface area contributed by atoms with Crippen molar-refractivity contribution in [2.24, 2.45) is 0 Å². The van der Waals surface area contributed by atoms with Crippen LogP contribution in [0.2, 0.25) is 5.02 Å². The lowest BCUT2D eigenvalue weighted by Crippen LogP contribution is -2.41. The Labute approximate surface area is 200 Å². The summed E-state index contributed by atoms with van der Waals surface area (Å²) in [5, 5.41) is 0.657. The van der Waals surface area contributed by atoms with Crippen molar-refractivity contribution in [3.8, 4) is 11.5 Å². The summed E-state index contributed by atoms with van der Waals surface area (Å²) in [6, 6.07) is 19.4. The van der Waals surface area contributed by atoms with Gasteiger partial charge in [0.15, 0.2) is 11.5 Å². The first kappa shape index (κ1) is 23.0. The van der Waals surface area contributed by atoms with E-state index in [9.17, 15) is 4.79 Å². The second kappa shape index (κ2) is 9.75. The molecule has 0 saturated carbocycles. The van der Waals surface area contributed by atoms with Gasteiger partial charge in [-0.1, -0.05) is 23.7 Å². The van der Waals surface area contributed by atoms with Gasteiger partial charge in [0.25, 0.3) is 0 Å². The van der Waals surface area contributed by atoms with Gasteiger partial charge >= 0.3 is 0 Å². The largest absolute Gasteiger partial charge is 0.490 e. The Balaban J connectivity index is 1.88. The van der Waals surface area contributed by atoms with E-state index in [-0.39, 0.29) is 11.9 Å². The van der Waals surface area contributed by atoms with Crippen LogP contribution in [0, 0.1) is 0 Å². The minimum Gasteiger partial charge on any atom is -0.490 e. The smallest absolute Gasteiger partial charge is 0.232 e. The number of amides is 1. The third-order valence-electron chi connectivity index (χ3n) is 5.80. The average Bonchev–Trinajstić information content (AvgIpc) is 2.80. The fourth-order valence-corrected chi connectivity index (χ4v) is 4.40. The second-order valence-electron chi connectivity index (χ2n) is 8.17. The minimum absolute atomic E-state index is 0.0339. The summed E-state index contributed by atoms with van der Waals surface area (Å²) in [6.45, 7) is 4.95. The number of fused-ring (bicyclic) bond motifs is 1. The third-order valence-corrected chi connectivity index (χ3v) is 6.05. The predicted molar refractivity (Wildman–Crippen MR) is 134 cm³/mol. The van der Waals surface area contributed by atoms with E-state index >= 15 is 0 Å². The number of ether oxygens (including phenoxy) is 2. The standard InChI is InChI=1S/C27H29ClN2O3/c1-5-32-24-15-19-16-26(31)30(22-13-11-21(12-14-22)29(3)4)27(18-7-9-20(28)10-8-18)23(19)17-25(24)33-6-2/h7-15,17,27H,5-6,16H2,1-4H3. The highest BCUT2D eigenvalue weighted by molar-refractivity contribution is 6.30. The van der Waals surface area contributed by atoms with Crippen molar-refractivity contribution in [2.75, 3.05) is 37.1 Å². The number of carbonyl (C=O) groups is 1. The average molecular weight is 465 g/mol. The van der Waals surface area contributed by atoms with E-state index in [1.807, 2.05) is 98.4 Å². The van der Waals surface area contributed by atoms with Gasteiger partial charge in [0, 0.05) is 30.5 Å². The molecular formula is C27H29ClN2O3. The number of carbonyl (C=O) groups excluding carboxylic acids is 1. The summed E-state index contributed by atoms with van der Waals surface area (Å²) in [7, 11) is 4.00. The fraction of sp³-hybridized carbons (Fsp3) is 0.296. The summed E-state index contributed by atoms with van der Waals surface area (Å²) >= 11 is 6.18. The molecule has 1 aliphatic heterocycles. The maximum atomic E-state index is 13.5. The van der Waals surface area contributed by atoms with Gasteiger partial charge in [-0.15, -0.1) is 0 Å². The van der Waals surface area contributed by atoms with Gasteiger partial charge in [0.05, 0.1) is 25.7 Å². The molecule has 0 aromatic heterocycles. The second-order valence-corrected chi connectivity index (χ2v) is 8.61. The predicted octanol–water partition coefficient (Wildman–Crippen LogP) is 5.88. The Morgan fingerprint density at radius 2 is 1.55 bits per heavy atom. The molecule has 1 amide bonds. The van der Waals surface area contributed by atoms with Crippen molar-refractivity contribution < 1.29 is 14.3 Å². The molecule has 0 saturated heterocycles. The Morgan fingerprint density at radius 1 is 0.939 bits per heavy atom. The van der Waals surface area contributed by atoms with Crippen LogP contribution in [0.1, 0.15) is 36.6 Å². The molecule has 0 N–H and O–H groups in total. The minimum atomic E-state index is -0.307. The summed E-state index contributed by atoms with van der Waals surface area (Å²) in [5.74, 6) is 1.39. The van der Waals surface area contributed by atoms with Crippen molar-refractivity contribution in [3.63, 3.8) is 0 Å². The van der Waals surface area contributed by atoms with Crippen LogP contribution >= 0.6 is 11.6 Å². The van der Waals surface area contributed by atoms with Crippen LogP contribution < -0.4 is 19.3 Å². The molecule has 0 bridgehead atoms. The van der Waals surface area contributed by atoms with Crippen molar-refractivity contribution >= 4 is 28.9 Å². The van der Waals surface area contributed by atoms with E-state index in [2.05, 4.69) is 0 Å². The first-order chi connectivity index (χ1) is 15.9. The quantitative estimate of drug-likeness (QED) is 0.437. The van der Waals surface area contributed by atoms with Crippen molar-refractivity contribution in [1.29, 1.82) is 0 Å². The van der Waals surface area contributed by atoms with Gasteiger partial charge in [-0.25, -0.2) is 0 Å². The Hall–Kier alpha value is -3.18.